The number of amides is 7. The molecule has 0 saturated heterocycles. The molecule has 92 heavy (non-hydrogen) atoms. The molecule has 33 heteroatoms. The lowest BCUT2D eigenvalue weighted by Crippen LogP contribution is -2.58. The average Bonchev–Trinajstić information content (AvgIpc) is 2.26. The van der Waals surface area contributed by atoms with Gasteiger partial charge in [0.2, 0.25) is 36.9 Å². The maximum absolute atomic E-state index is 13.8. The van der Waals surface area contributed by atoms with E-state index in [-0.39, 0.29) is 159 Å². The van der Waals surface area contributed by atoms with Gasteiger partial charge in [-0.1, -0.05) is 20.8 Å². The Hall–Kier alpha value is -6.58. The zero-order valence-corrected chi connectivity index (χ0v) is 55.9. The van der Waals surface area contributed by atoms with Crippen LogP contribution in [0.25, 0.3) is 0 Å². The van der Waals surface area contributed by atoms with Gasteiger partial charge in [0.1, 0.15) is 5.54 Å². The van der Waals surface area contributed by atoms with Crippen molar-refractivity contribution in [2.75, 3.05) is 106 Å². The number of carbonyl (C=O) groups excluding carboxylic acids is 8. The number of anilines is 3. The quantitative estimate of drug-likeness (QED) is 0.0154. The van der Waals surface area contributed by atoms with Gasteiger partial charge in [-0.15, -0.1) is 0 Å². The molecule has 3 aromatic rings. The van der Waals surface area contributed by atoms with Crippen LogP contribution in [0.3, 0.4) is 0 Å². The molecule has 0 aromatic heterocycles. The van der Waals surface area contributed by atoms with Crippen LogP contribution in [0.4, 0.5) is 17.1 Å². The lowest BCUT2D eigenvalue weighted by atomic mass is 10.0. The molecular formula is C59H91N10O19PS3. The Bertz CT molecular complexity index is 2680. The van der Waals surface area contributed by atoms with Gasteiger partial charge in [0.15, 0.2) is 5.78 Å². The van der Waals surface area contributed by atoms with Crippen LogP contribution in [0.5, 0.6) is 0 Å². The molecular weight excluding hydrogens is 1280 g/mol. The van der Waals surface area contributed by atoms with Crippen molar-refractivity contribution in [2.45, 2.75) is 121 Å². The fourth-order valence-electron chi connectivity index (χ4n) is 8.14. The largest absolute Gasteiger partial charge is 0.378 e. The van der Waals surface area contributed by atoms with Crippen molar-refractivity contribution in [3.05, 3.63) is 89.5 Å². The van der Waals surface area contributed by atoms with Gasteiger partial charge in [0.25, 0.3) is 45.6 Å². The van der Waals surface area contributed by atoms with Gasteiger partial charge in [0, 0.05) is 123 Å². The summed E-state index contributed by atoms with van der Waals surface area (Å²) >= 11 is -6.79. The van der Waals surface area contributed by atoms with Crippen molar-refractivity contribution in [1.29, 1.82) is 0 Å². The number of Topliss-reactive ketones (excluding diaryl/α,β-unsaturated/α-hetero) is 1. The SMILES string of the molecule is CC(C)(C)P(C)(=O)OCCCCCNC(=O)CCCC(=O)NC(COCCC(=O)NCCCCC(=O)c1ccc(NS(=O)O)cc1)(COCCC(=O)NCCCNC(=O)c1ccc(NS(=O)O)cc1)COCCC(=O)NCCCNC(=O)c1ccc(NS(=O)O)cc1. The lowest BCUT2D eigenvalue weighted by molar-refractivity contribution is -0.131. The molecule has 29 nitrogen and oxygen atoms in total. The van der Waals surface area contributed by atoms with Gasteiger partial charge in [0.05, 0.1) is 46.2 Å². The van der Waals surface area contributed by atoms with Crippen LogP contribution in [0.15, 0.2) is 72.8 Å². The number of benzene rings is 3. The van der Waals surface area contributed by atoms with Crippen LogP contribution in [0.2, 0.25) is 0 Å². The minimum atomic E-state index is -2.79. The minimum Gasteiger partial charge on any atom is -0.378 e. The first kappa shape index (κ1) is 79.7. The number of ketones is 1. The number of carbonyl (C=O) groups is 8. The summed E-state index contributed by atoms with van der Waals surface area (Å²) < 4.78 is 104. The van der Waals surface area contributed by atoms with E-state index in [1.807, 2.05) is 20.8 Å². The van der Waals surface area contributed by atoms with Crippen molar-refractivity contribution >= 4 is 105 Å². The molecule has 0 aliphatic carbocycles. The topological polar surface area (TPSA) is 423 Å². The number of ether oxygens (including phenoxy) is 3. The number of hydrogen-bond acceptors (Lipinski definition) is 16. The molecule has 0 fully saturated rings. The summed E-state index contributed by atoms with van der Waals surface area (Å²) in [6.07, 6.45) is 3.73. The highest BCUT2D eigenvalue weighted by Gasteiger charge is 2.35. The van der Waals surface area contributed by atoms with Crippen LogP contribution >= 0.6 is 7.37 Å². The van der Waals surface area contributed by atoms with Crippen molar-refractivity contribution in [1.82, 2.24) is 37.2 Å². The summed E-state index contributed by atoms with van der Waals surface area (Å²) in [6, 6.07) is 18.0. The van der Waals surface area contributed by atoms with Crippen LogP contribution in [-0.4, -0.2) is 176 Å². The third kappa shape index (κ3) is 35.5. The highest BCUT2D eigenvalue weighted by molar-refractivity contribution is 7.81. The van der Waals surface area contributed by atoms with E-state index in [0.29, 0.717) is 85.4 Å². The Morgan fingerprint density at radius 3 is 1.15 bits per heavy atom. The molecule has 0 radical (unpaired) electrons. The maximum Gasteiger partial charge on any atom is 0.259 e. The van der Waals surface area contributed by atoms with Gasteiger partial charge in [-0.05, 0) is 124 Å². The molecule has 0 aliphatic heterocycles. The highest BCUT2D eigenvalue weighted by atomic mass is 32.2. The molecule has 0 aliphatic rings. The zero-order chi connectivity index (χ0) is 67.8. The minimum absolute atomic E-state index is 0.0280. The van der Waals surface area contributed by atoms with Gasteiger partial charge in [-0.2, -0.15) is 0 Å². The number of rotatable bonds is 49. The van der Waals surface area contributed by atoms with Crippen molar-refractivity contribution in [3.63, 3.8) is 0 Å². The summed E-state index contributed by atoms with van der Waals surface area (Å²) in [5.41, 5.74) is 0.670. The Labute approximate surface area is 545 Å². The molecule has 0 spiro atoms. The third-order valence-corrected chi connectivity index (χ3v) is 18.0. The second kappa shape index (κ2) is 44.1. The summed E-state index contributed by atoms with van der Waals surface area (Å²) in [6.45, 7) is 7.87. The average molecular weight is 1370 g/mol. The summed E-state index contributed by atoms with van der Waals surface area (Å²) in [7, 11) is -2.79. The molecule has 0 heterocycles. The predicted octanol–water partition coefficient (Wildman–Crippen LogP) is 4.93. The second-order valence-electron chi connectivity index (χ2n) is 22.3. The van der Waals surface area contributed by atoms with Crippen molar-refractivity contribution in [2.24, 2.45) is 0 Å². The standard InChI is InChI=1S/C59H91N10O19PS3/c1-58(2,3)89(4,78)88-37-9-5-7-31-60-51(71)14-10-15-55(75)66-59(41-85-38-28-52(72)61-32-8-6-13-50(70)44-16-22-47(23-17-44)67-90(79)80,42-86-39-29-53(73)62-33-11-35-64-56(76)45-18-24-48(25-19-45)68-91(81)82)43-87-40-30-54(74)63-34-12-36-65-57(77)46-20-26-49(27-21-46)69-92(83)84/h16-27,67-69H,5-15,28-43H2,1-4H3,(H,60,71)(H,61,72)(H,62,73)(H,63,74)(H,64,76)(H,65,77)(H,66,75)(H,79,80)(H,81,82)(H,83,84). The van der Waals surface area contributed by atoms with Gasteiger partial charge >= 0.3 is 0 Å². The first-order valence-electron chi connectivity index (χ1n) is 30.1. The van der Waals surface area contributed by atoms with Crippen LogP contribution in [0, 0.1) is 0 Å². The molecule has 3 aromatic carbocycles. The van der Waals surface area contributed by atoms with E-state index >= 15 is 0 Å². The van der Waals surface area contributed by atoms with Crippen LogP contribution in [-0.2, 0) is 81.1 Å². The molecule has 4 unspecified atom stereocenters. The fourth-order valence-corrected chi connectivity index (χ4v) is 10.0. The van der Waals surface area contributed by atoms with Crippen LogP contribution in [0.1, 0.15) is 142 Å². The smallest absolute Gasteiger partial charge is 0.259 e. The Kier molecular flexibility index (Phi) is 38.2. The Balaban J connectivity index is 1.62. The van der Waals surface area contributed by atoms with E-state index in [0.717, 1.165) is 6.42 Å². The normalized spacial score (nSPS) is 13.6. The van der Waals surface area contributed by atoms with Gasteiger partial charge in [-0.25, -0.2) is 12.6 Å². The molecule has 0 bridgehead atoms. The fraction of sp³-hybridized carbons (Fsp3) is 0.559. The van der Waals surface area contributed by atoms with E-state index in [1.54, 1.807) is 18.8 Å². The molecule has 4 atom stereocenters. The van der Waals surface area contributed by atoms with E-state index in [2.05, 4.69) is 51.4 Å². The Morgan fingerprint density at radius 1 is 0.413 bits per heavy atom. The number of nitrogens with one attached hydrogen (secondary N) is 10. The number of hydrogen-bond donors (Lipinski definition) is 13. The zero-order valence-electron chi connectivity index (χ0n) is 52.6. The van der Waals surface area contributed by atoms with E-state index in [9.17, 15) is 55.5 Å². The third-order valence-electron chi connectivity index (χ3n) is 13.7. The summed E-state index contributed by atoms with van der Waals surface area (Å²) in [5.74, 6) is -2.78. The van der Waals surface area contributed by atoms with Gasteiger partial charge in [-0.3, -0.25) is 70.7 Å². The summed E-state index contributed by atoms with van der Waals surface area (Å²) in [4.78, 5) is 103. The van der Waals surface area contributed by atoms with Crippen molar-refractivity contribution < 1.29 is 87.9 Å². The first-order valence-corrected chi connectivity index (χ1v) is 35.5. The molecule has 3 rings (SSSR count). The highest BCUT2D eigenvalue weighted by Crippen LogP contribution is 2.55. The monoisotopic (exact) mass is 1370 g/mol. The predicted molar refractivity (Wildman–Crippen MR) is 351 cm³/mol. The van der Waals surface area contributed by atoms with E-state index < -0.39 is 57.8 Å². The van der Waals surface area contributed by atoms with Gasteiger partial charge < -0.3 is 56.0 Å². The molecule has 0 saturated carbocycles. The van der Waals surface area contributed by atoms with E-state index in [1.165, 1.54) is 60.7 Å². The first-order chi connectivity index (χ1) is 43.8. The lowest BCUT2D eigenvalue weighted by Gasteiger charge is -2.34. The molecule has 7 amide bonds. The van der Waals surface area contributed by atoms with E-state index in [4.69, 9.17) is 32.4 Å². The summed E-state index contributed by atoms with van der Waals surface area (Å²) in [5, 5.41) is 19.1. The van der Waals surface area contributed by atoms with Crippen molar-refractivity contribution in [3.8, 4) is 0 Å². The molecule has 514 valence electrons. The number of unbranched alkanes of at least 4 members (excludes halogenated alkanes) is 3. The Morgan fingerprint density at radius 2 is 0.761 bits per heavy atom. The molecule has 13 N–H and O–H groups in total. The maximum atomic E-state index is 13.8. The van der Waals surface area contributed by atoms with Crippen LogP contribution < -0.4 is 51.4 Å². The second-order valence-corrected chi connectivity index (χ2v) is 27.7.